The zero-order valence-corrected chi connectivity index (χ0v) is 15.3. The summed E-state index contributed by atoms with van der Waals surface area (Å²) in [5.74, 6) is 0.220. The van der Waals surface area contributed by atoms with Gasteiger partial charge in [-0.1, -0.05) is 0 Å². The summed E-state index contributed by atoms with van der Waals surface area (Å²) < 4.78 is 10.9. The first-order valence-corrected chi connectivity index (χ1v) is 8.60. The largest absolute Gasteiger partial charge is 0.462 e. The van der Waals surface area contributed by atoms with Gasteiger partial charge in [0.2, 0.25) is 0 Å². The highest BCUT2D eigenvalue weighted by Crippen LogP contribution is 2.22. The molecule has 0 aliphatic carbocycles. The van der Waals surface area contributed by atoms with Crippen molar-refractivity contribution in [1.82, 2.24) is 9.88 Å². The average Bonchev–Trinajstić information content (AvgIpc) is 2.52. The number of hydrogen-bond acceptors (Lipinski definition) is 6. The standard InChI is InChI=1S/C18H29N3O3/c1-6-23-17(22)15-8-7-9-19-16(15)20-12-18(4,5)21-10-13(2)24-14(3)11-21/h7-9,13-14H,6,10-12H2,1-5H3,(H,19,20)/t13-,14+. The molecule has 1 aliphatic heterocycles. The number of hydrogen-bond donors (Lipinski definition) is 1. The second-order valence-corrected chi connectivity index (χ2v) is 6.95. The molecule has 0 radical (unpaired) electrons. The Kier molecular flexibility index (Phi) is 6.18. The van der Waals surface area contributed by atoms with Crippen LogP contribution in [0.15, 0.2) is 18.3 Å². The molecule has 1 aliphatic rings. The van der Waals surface area contributed by atoms with Crippen LogP contribution in [0.2, 0.25) is 0 Å². The average molecular weight is 335 g/mol. The highest BCUT2D eigenvalue weighted by molar-refractivity contribution is 5.94. The van der Waals surface area contributed by atoms with Crippen molar-refractivity contribution in [2.24, 2.45) is 0 Å². The molecule has 1 N–H and O–H groups in total. The van der Waals surface area contributed by atoms with E-state index in [2.05, 4.69) is 42.9 Å². The summed E-state index contributed by atoms with van der Waals surface area (Å²) in [5.41, 5.74) is 0.384. The molecule has 2 atom stereocenters. The van der Waals surface area contributed by atoms with Crippen LogP contribution in [0.5, 0.6) is 0 Å². The maximum Gasteiger partial charge on any atom is 0.341 e. The molecular weight excluding hydrogens is 306 g/mol. The molecule has 134 valence electrons. The molecule has 1 aromatic heterocycles. The fourth-order valence-corrected chi connectivity index (χ4v) is 3.00. The number of esters is 1. The first kappa shape index (κ1) is 18.7. The predicted octanol–water partition coefficient (Wildman–Crippen LogP) is 2.56. The van der Waals surface area contributed by atoms with Crippen LogP contribution < -0.4 is 5.32 Å². The van der Waals surface area contributed by atoms with Crippen molar-refractivity contribution >= 4 is 11.8 Å². The molecule has 0 bridgehead atoms. The molecular formula is C18H29N3O3. The van der Waals surface area contributed by atoms with E-state index in [1.807, 2.05) is 0 Å². The van der Waals surface area contributed by atoms with Crippen LogP contribution in [0.1, 0.15) is 45.0 Å². The molecule has 0 saturated carbocycles. The lowest BCUT2D eigenvalue weighted by atomic mass is 10.00. The first-order valence-electron chi connectivity index (χ1n) is 8.60. The smallest absolute Gasteiger partial charge is 0.341 e. The van der Waals surface area contributed by atoms with Crippen molar-refractivity contribution in [2.45, 2.75) is 52.4 Å². The van der Waals surface area contributed by atoms with Crippen molar-refractivity contribution in [3.05, 3.63) is 23.9 Å². The Morgan fingerprint density at radius 2 is 2.08 bits per heavy atom. The maximum absolute atomic E-state index is 12.0. The number of pyridine rings is 1. The Bertz CT molecular complexity index is 552. The molecule has 0 aromatic carbocycles. The highest BCUT2D eigenvalue weighted by atomic mass is 16.5. The van der Waals surface area contributed by atoms with Crippen molar-refractivity contribution in [3.63, 3.8) is 0 Å². The van der Waals surface area contributed by atoms with Gasteiger partial charge in [0.15, 0.2) is 0 Å². The van der Waals surface area contributed by atoms with Crippen LogP contribution >= 0.6 is 0 Å². The highest BCUT2D eigenvalue weighted by Gasteiger charge is 2.33. The summed E-state index contributed by atoms with van der Waals surface area (Å²) in [5, 5.41) is 3.33. The number of anilines is 1. The lowest BCUT2D eigenvalue weighted by Crippen LogP contribution is -2.57. The Hall–Kier alpha value is -1.66. The van der Waals surface area contributed by atoms with Crippen LogP contribution in [0.4, 0.5) is 5.82 Å². The molecule has 0 amide bonds. The Labute approximate surface area is 144 Å². The SMILES string of the molecule is CCOC(=O)c1cccnc1NCC(C)(C)N1C[C@@H](C)O[C@@H](C)C1. The van der Waals surface area contributed by atoms with Gasteiger partial charge >= 0.3 is 5.97 Å². The molecule has 0 spiro atoms. The normalized spacial score (nSPS) is 22.2. The third kappa shape index (κ3) is 4.68. The first-order chi connectivity index (χ1) is 11.3. The van der Waals surface area contributed by atoms with Crippen molar-refractivity contribution < 1.29 is 14.3 Å². The van der Waals surface area contributed by atoms with E-state index in [1.165, 1.54) is 0 Å². The van der Waals surface area contributed by atoms with Gasteiger partial charge in [-0.25, -0.2) is 9.78 Å². The summed E-state index contributed by atoms with van der Waals surface area (Å²) in [6.45, 7) is 13.2. The van der Waals surface area contributed by atoms with E-state index in [1.54, 1.807) is 25.3 Å². The third-order valence-corrected chi connectivity index (χ3v) is 4.27. The monoisotopic (exact) mass is 335 g/mol. The Morgan fingerprint density at radius 1 is 1.42 bits per heavy atom. The number of ether oxygens (including phenoxy) is 2. The summed E-state index contributed by atoms with van der Waals surface area (Å²) >= 11 is 0. The van der Waals surface area contributed by atoms with Gasteiger partial charge < -0.3 is 14.8 Å². The maximum atomic E-state index is 12.0. The predicted molar refractivity (Wildman–Crippen MR) is 94.3 cm³/mol. The van der Waals surface area contributed by atoms with E-state index in [0.717, 1.165) is 13.1 Å². The topological polar surface area (TPSA) is 63.7 Å². The van der Waals surface area contributed by atoms with Gasteiger partial charge in [0.05, 0.1) is 18.8 Å². The van der Waals surface area contributed by atoms with E-state index in [4.69, 9.17) is 9.47 Å². The van der Waals surface area contributed by atoms with Crippen molar-refractivity contribution in [3.8, 4) is 0 Å². The molecule has 6 heteroatoms. The van der Waals surface area contributed by atoms with E-state index in [-0.39, 0.29) is 23.7 Å². The number of aromatic nitrogens is 1. The number of carbonyl (C=O) groups is 1. The number of nitrogens with one attached hydrogen (secondary N) is 1. The quantitative estimate of drug-likeness (QED) is 0.806. The molecule has 2 rings (SSSR count). The van der Waals surface area contributed by atoms with Crippen LogP contribution in [-0.2, 0) is 9.47 Å². The molecule has 0 unspecified atom stereocenters. The molecule has 2 heterocycles. The van der Waals surface area contributed by atoms with Crippen LogP contribution in [0, 0.1) is 0 Å². The minimum absolute atomic E-state index is 0.0875. The third-order valence-electron chi connectivity index (χ3n) is 4.27. The van der Waals surface area contributed by atoms with Crippen molar-refractivity contribution in [1.29, 1.82) is 0 Å². The summed E-state index contributed by atoms with van der Waals surface area (Å²) in [6.07, 6.45) is 2.12. The van der Waals surface area contributed by atoms with Crippen LogP contribution in [0.3, 0.4) is 0 Å². The van der Waals surface area contributed by atoms with E-state index in [9.17, 15) is 4.79 Å². The second-order valence-electron chi connectivity index (χ2n) is 6.95. The van der Waals surface area contributed by atoms with Crippen LogP contribution in [0.25, 0.3) is 0 Å². The van der Waals surface area contributed by atoms with Gasteiger partial charge in [-0.15, -0.1) is 0 Å². The van der Waals surface area contributed by atoms with Gasteiger partial charge in [-0.2, -0.15) is 0 Å². The number of nitrogens with zero attached hydrogens (tertiary/aromatic N) is 2. The number of carbonyl (C=O) groups excluding carboxylic acids is 1. The van der Waals surface area contributed by atoms with Crippen molar-refractivity contribution in [2.75, 3.05) is 31.6 Å². The number of morpholine rings is 1. The number of rotatable bonds is 6. The zero-order chi connectivity index (χ0) is 17.7. The summed E-state index contributed by atoms with van der Waals surface area (Å²) in [4.78, 5) is 18.8. The fourth-order valence-electron chi connectivity index (χ4n) is 3.00. The Balaban J connectivity index is 2.05. The van der Waals surface area contributed by atoms with E-state index >= 15 is 0 Å². The molecule has 6 nitrogen and oxygen atoms in total. The van der Waals surface area contributed by atoms with Gasteiger partial charge in [-0.3, -0.25) is 4.90 Å². The van der Waals surface area contributed by atoms with E-state index < -0.39 is 0 Å². The fraction of sp³-hybridized carbons (Fsp3) is 0.667. The van der Waals surface area contributed by atoms with E-state index in [0.29, 0.717) is 24.5 Å². The van der Waals surface area contributed by atoms with Gasteiger partial charge in [0.25, 0.3) is 0 Å². The second kappa shape index (κ2) is 7.94. The molecule has 24 heavy (non-hydrogen) atoms. The summed E-state index contributed by atoms with van der Waals surface area (Å²) in [6, 6.07) is 3.48. The Morgan fingerprint density at radius 3 is 2.71 bits per heavy atom. The minimum atomic E-state index is -0.348. The molecule has 1 saturated heterocycles. The van der Waals surface area contributed by atoms with Gasteiger partial charge in [0.1, 0.15) is 11.4 Å². The van der Waals surface area contributed by atoms with Gasteiger partial charge in [-0.05, 0) is 46.8 Å². The zero-order valence-electron chi connectivity index (χ0n) is 15.3. The molecule has 1 fully saturated rings. The summed E-state index contributed by atoms with van der Waals surface area (Å²) in [7, 11) is 0. The lowest BCUT2D eigenvalue weighted by molar-refractivity contribution is -0.0933. The lowest BCUT2D eigenvalue weighted by Gasteiger charge is -2.45. The minimum Gasteiger partial charge on any atom is -0.462 e. The van der Waals surface area contributed by atoms with Crippen LogP contribution in [-0.4, -0.2) is 59.8 Å². The van der Waals surface area contributed by atoms with Gasteiger partial charge in [0, 0.05) is 31.4 Å². The molecule has 1 aromatic rings.